The zero-order chi connectivity index (χ0) is 16.3. The van der Waals surface area contributed by atoms with E-state index in [1.165, 1.54) is 11.3 Å². The van der Waals surface area contributed by atoms with Crippen LogP contribution in [0.4, 0.5) is 0 Å². The fourth-order valence-electron chi connectivity index (χ4n) is 2.17. The Morgan fingerprint density at radius 3 is 2.27 bits per heavy atom. The highest BCUT2D eigenvalue weighted by Crippen LogP contribution is 2.30. The monoisotopic (exact) mass is 339 g/mol. The highest BCUT2D eigenvalue weighted by Gasteiger charge is 2.17. The van der Waals surface area contributed by atoms with Crippen molar-refractivity contribution in [3.05, 3.63) is 44.6 Å². The number of methoxy groups -OCH3 is 2. The van der Waals surface area contributed by atoms with Crippen LogP contribution in [-0.2, 0) is 6.54 Å². The van der Waals surface area contributed by atoms with E-state index in [4.69, 9.17) is 21.1 Å². The van der Waals surface area contributed by atoms with E-state index in [2.05, 4.69) is 0 Å². The lowest BCUT2D eigenvalue weighted by molar-refractivity contribution is 0.0785. The van der Waals surface area contributed by atoms with Crippen molar-refractivity contribution in [1.82, 2.24) is 4.90 Å². The van der Waals surface area contributed by atoms with Crippen molar-refractivity contribution in [3.8, 4) is 11.5 Å². The van der Waals surface area contributed by atoms with Gasteiger partial charge in [0.05, 0.1) is 25.1 Å². The Bertz CT molecular complexity index is 659. The molecule has 0 aliphatic carbocycles. The average molecular weight is 340 g/mol. The van der Waals surface area contributed by atoms with E-state index >= 15 is 0 Å². The molecule has 1 aromatic heterocycles. The molecule has 22 heavy (non-hydrogen) atoms. The van der Waals surface area contributed by atoms with Crippen LogP contribution in [0.25, 0.3) is 0 Å². The first-order valence-electron chi connectivity index (χ1n) is 6.68. The number of hydrogen-bond acceptors (Lipinski definition) is 4. The molecule has 0 saturated carbocycles. The van der Waals surface area contributed by atoms with Gasteiger partial charge in [0.1, 0.15) is 11.5 Å². The second-order valence-electron chi connectivity index (χ2n) is 4.87. The fraction of sp³-hybridized carbons (Fsp3) is 0.312. The van der Waals surface area contributed by atoms with Crippen molar-refractivity contribution in [2.24, 2.45) is 0 Å². The van der Waals surface area contributed by atoms with Crippen molar-refractivity contribution in [2.75, 3.05) is 21.3 Å². The van der Waals surface area contributed by atoms with E-state index in [9.17, 15) is 4.79 Å². The predicted octanol–water partition coefficient (Wildman–Crippen LogP) is 4.00. The summed E-state index contributed by atoms with van der Waals surface area (Å²) in [6.45, 7) is 2.40. The summed E-state index contributed by atoms with van der Waals surface area (Å²) in [4.78, 5) is 15.3. The number of carbonyl (C=O) groups excluding carboxylic acids is 1. The Morgan fingerprint density at radius 2 is 1.82 bits per heavy atom. The SMILES string of the molecule is COc1cc(C(=O)N(C)Cc2ccc(Cl)s2)cc(OC)c1C. The standard InChI is InChI=1S/C16H18ClNO3S/c1-10-13(20-3)7-11(8-14(10)21-4)16(19)18(2)9-12-5-6-15(17)22-12/h5-8H,9H2,1-4H3. The van der Waals surface area contributed by atoms with E-state index in [0.29, 0.717) is 23.6 Å². The molecule has 0 saturated heterocycles. The number of benzene rings is 1. The number of ether oxygens (including phenoxy) is 2. The molecular formula is C16H18ClNO3S. The minimum Gasteiger partial charge on any atom is -0.496 e. The lowest BCUT2D eigenvalue weighted by Crippen LogP contribution is -2.25. The van der Waals surface area contributed by atoms with Gasteiger partial charge in [-0.15, -0.1) is 11.3 Å². The molecule has 0 atom stereocenters. The van der Waals surface area contributed by atoms with Gasteiger partial charge in [0.2, 0.25) is 0 Å². The molecule has 0 aliphatic heterocycles. The van der Waals surface area contributed by atoms with Gasteiger partial charge in [-0.3, -0.25) is 4.79 Å². The van der Waals surface area contributed by atoms with Crippen LogP contribution in [0, 0.1) is 6.92 Å². The first-order valence-corrected chi connectivity index (χ1v) is 7.88. The Morgan fingerprint density at radius 1 is 1.23 bits per heavy atom. The lowest BCUT2D eigenvalue weighted by Gasteiger charge is -2.18. The molecular weight excluding hydrogens is 322 g/mol. The number of thiophene rings is 1. The van der Waals surface area contributed by atoms with Crippen LogP contribution in [0.15, 0.2) is 24.3 Å². The number of halogens is 1. The molecule has 6 heteroatoms. The maximum atomic E-state index is 12.6. The molecule has 0 N–H and O–H groups in total. The molecule has 118 valence electrons. The molecule has 4 nitrogen and oxygen atoms in total. The predicted molar refractivity (Wildman–Crippen MR) is 89.4 cm³/mol. The molecule has 0 bridgehead atoms. The first kappa shape index (κ1) is 16.6. The van der Waals surface area contributed by atoms with Gasteiger partial charge in [-0.2, -0.15) is 0 Å². The fourth-order valence-corrected chi connectivity index (χ4v) is 3.31. The second-order valence-corrected chi connectivity index (χ2v) is 6.67. The molecule has 1 aromatic carbocycles. The van der Waals surface area contributed by atoms with Crippen LogP contribution in [0.5, 0.6) is 11.5 Å². The van der Waals surface area contributed by atoms with Crippen molar-refractivity contribution < 1.29 is 14.3 Å². The van der Waals surface area contributed by atoms with Crippen LogP contribution in [0.3, 0.4) is 0 Å². The summed E-state index contributed by atoms with van der Waals surface area (Å²) in [6.07, 6.45) is 0. The molecule has 1 amide bonds. The highest BCUT2D eigenvalue weighted by molar-refractivity contribution is 7.16. The number of nitrogens with zero attached hydrogens (tertiary/aromatic N) is 1. The highest BCUT2D eigenvalue weighted by atomic mass is 35.5. The summed E-state index contributed by atoms with van der Waals surface area (Å²) in [5, 5.41) is 0. The zero-order valence-electron chi connectivity index (χ0n) is 13.0. The number of hydrogen-bond donors (Lipinski definition) is 0. The largest absolute Gasteiger partial charge is 0.496 e. The number of carbonyl (C=O) groups is 1. The van der Waals surface area contributed by atoms with Gasteiger partial charge >= 0.3 is 0 Å². The topological polar surface area (TPSA) is 38.8 Å². The molecule has 1 heterocycles. The van der Waals surface area contributed by atoms with E-state index in [0.717, 1.165) is 14.8 Å². The average Bonchev–Trinajstić information content (AvgIpc) is 2.91. The smallest absolute Gasteiger partial charge is 0.254 e. The van der Waals surface area contributed by atoms with Crippen LogP contribution in [0.2, 0.25) is 4.34 Å². The Labute approximate surface area is 139 Å². The normalized spacial score (nSPS) is 10.4. The minimum atomic E-state index is -0.0962. The molecule has 0 spiro atoms. The molecule has 2 aromatic rings. The maximum absolute atomic E-state index is 12.6. The first-order chi connectivity index (χ1) is 10.5. The Balaban J connectivity index is 2.24. The molecule has 0 aliphatic rings. The van der Waals surface area contributed by atoms with Gasteiger partial charge in [0.25, 0.3) is 5.91 Å². The lowest BCUT2D eigenvalue weighted by atomic mass is 10.1. The molecule has 0 fully saturated rings. The van der Waals surface area contributed by atoms with E-state index in [1.807, 2.05) is 19.1 Å². The van der Waals surface area contributed by atoms with Crippen molar-refractivity contribution in [1.29, 1.82) is 0 Å². The Kier molecular flexibility index (Phi) is 5.32. The summed E-state index contributed by atoms with van der Waals surface area (Å²) in [5.41, 5.74) is 1.40. The summed E-state index contributed by atoms with van der Waals surface area (Å²) in [6, 6.07) is 7.22. The third-order valence-corrected chi connectivity index (χ3v) is 4.58. The van der Waals surface area contributed by atoms with E-state index in [1.54, 1.807) is 38.3 Å². The van der Waals surface area contributed by atoms with Gasteiger partial charge in [0, 0.05) is 23.1 Å². The molecule has 0 unspecified atom stereocenters. The summed E-state index contributed by atoms with van der Waals surface area (Å²) < 4.78 is 11.3. The quantitative estimate of drug-likeness (QED) is 0.826. The Hall–Kier alpha value is -1.72. The van der Waals surface area contributed by atoms with Crippen molar-refractivity contribution >= 4 is 28.8 Å². The van der Waals surface area contributed by atoms with Crippen LogP contribution >= 0.6 is 22.9 Å². The zero-order valence-corrected chi connectivity index (χ0v) is 14.5. The third kappa shape index (κ3) is 3.54. The second kappa shape index (κ2) is 7.03. The number of amides is 1. The van der Waals surface area contributed by atoms with Crippen LogP contribution < -0.4 is 9.47 Å². The van der Waals surface area contributed by atoms with Crippen molar-refractivity contribution in [2.45, 2.75) is 13.5 Å². The summed E-state index contributed by atoms with van der Waals surface area (Å²) in [7, 11) is 4.91. The molecule has 0 radical (unpaired) electrons. The van der Waals surface area contributed by atoms with E-state index < -0.39 is 0 Å². The maximum Gasteiger partial charge on any atom is 0.254 e. The van der Waals surface area contributed by atoms with Crippen molar-refractivity contribution in [3.63, 3.8) is 0 Å². The number of rotatable bonds is 5. The van der Waals surface area contributed by atoms with Gasteiger partial charge in [-0.05, 0) is 31.2 Å². The third-order valence-electron chi connectivity index (χ3n) is 3.37. The van der Waals surface area contributed by atoms with Crippen LogP contribution in [0.1, 0.15) is 20.8 Å². The van der Waals surface area contributed by atoms with Crippen LogP contribution in [-0.4, -0.2) is 32.1 Å². The van der Waals surface area contributed by atoms with Gasteiger partial charge < -0.3 is 14.4 Å². The van der Waals surface area contributed by atoms with Gasteiger partial charge in [0.15, 0.2) is 0 Å². The van der Waals surface area contributed by atoms with Gasteiger partial charge in [-0.1, -0.05) is 11.6 Å². The molecule has 2 rings (SSSR count). The summed E-state index contributed by atoms with van der Waals surface area (Å²) in [5.74, 6) is 1.17. The minimum absolute atomic E-state index is 0.0962. The van der Waals surface area contributed by atoms with Gasteiger partial charge in [-0.25, -0.2) is 0 Å². The van der Waals surface area contributed by atoms with E-state index in [-0.39, 0.29) is 5.91 Å². The summed E-state index contributed by atoms with van der Waals surface area (Å²) >= 11 is 7.39.